The Kier molecular flexibility index (Phi) is 5.10. The quantitative estimate of drug-likeness (QED) is 0.768. The molecule has 1 heterocycles. The van der Waals surface area contributed by atoms with E-state index in [-0.39, 0.29) is 11.1 Å². The third kappa shape index (κ3) is 5.61. The van der Waals surface area contributed by atoms with Crippen molar-refractivity contribution in [2.45, 2.75) is 52.1 Å². The zero-order valence-corrected chi connectivity index (χ0v) is 12.4. The van der Waals surface area contributed by atoms with Crippen LogP contribution in [0.1, 0.15) is 46.0 Å². The summed E-state index contributed by atoms with van der Waals surface area (Å²) in [4.78, 5) is 4.37. The van der Waals surface area contributed by atoms with Crippen molar-refractivity contribution in [2.24, 2.45) is 0 Å². The molecule has 2 N–H and O–H groups in total. The second-order valence-electron chi connectivity index (χ2n) is 5.92. The molecule has 0 aliphatic carbocycles. The van der Waals surface area contributed by atoms with Crippen LogP contribution in [0.25, 0.3) is 0 Å². The summed E-state index contributed by atoms with van der Waals surface area (Å²) in [6.45, 7) is 13.0. The number of nitrogens with zero attached hydrogens (tertiary/aromatic N) is 1. The molecule has 17 heavy (non-hydrogen) atoms. The van der Waals surface area contributed by atoms with Gasteiger partial charge in [0, 0.05) is 17.1 Å². The van der Waals surface area contributed by atoms with Crippen molar-refractivity contribution in [3.05, 3.63) is 16.6 Å². The molecule has 0 unspecified atom stereocenters. The zero-order valence-electron chi connectivity index (χ0n) is 11.6. The molecule has 4 heteroatoms. The monoisotopic (exact) mass is 255 g/mol. The van der Waals surface area contributed by atoms with E-state index >= 15 is 0 Å². The minimum Gasteiger partial charge on any atom is -0.312 e. The maximum absolute atomic E-state index is 4.37. The van der Waals surface area contributed by atoms with Crippen LogP contribution >= 0.6 is 11.3 Å². The minimum atomic E-state index is -0.0180. The molecule has 0 aliphatic heterocycles. The Balaban J connectivity index is 2.23. The largest absolute Gasteiger partial charge is 0.312 e. The molecule has 0 aromatic carbocycles. The fourth-order valence-electron chi connectivity index (χ4n) is 1.56. The molecule has 1 aromatic heterocycles. The van der Waals surface area contributed by atoms with E-state index in [0.717, 1.165) is 24.5 Å². The van der Waals surface area contributed by atoms with Crippen LogP contribution in [0, 0.1) is 0 Å². The Labute approximate surface area is 109 Å². The molecule has 0 bridgehead atoms. The molecule has 0 saturated heterocycles. The van der Waals surface area contributed by atoms with Crippen molar-refractivity contribution in [1.29, 1.82) is 0 Å². The van der Waals surface area contributed by atoms with Crippen molar-refractivity contribution in [2.75, 3.05) is 13.1 Å². The third-order valence-corrected chi connectivity index (χ3v) is 3.64. The minimum absolute atomic E-state index is 0.0180. The van der Waals surface area contributed by atoms with Gasteiger partial charge in [-0.1, -0.05) is 0 Å². The van der Waals surface area contributed by atoms with E-state index in [1.165, 1.54) is 0 Å². The highest BCUT2D eigenvalue weighted by molar-refractivity contribution is 7.09. The van der Waals surface area contributed by atoms with Crippen LogP contribution < -0.4 is 10.6 Å². The number of rotatable bonds is 6. The van der Waals surface area contributed by atoms with Crippen LogP contribution in [0.5, 0.6) is 0 Å². The van der Waals surface area contributed by atoms with Crippen molar-refractivity contribution in [3.63, 3.8) is 0 Å². The second kappa shape index (κ2) is 5.94. The molecule has 0 saturated carbocycles. The summed E-state index contributed by atoms with van der Waals surface area (Å²) in [7, 11) is 0. The summed E-state index contributed by atoms with van der Waals surface area (Å²) in [6.07, 6.45) is 3.00. The molecule has 0 atom stereocenters. The normalized spacial score (nSPS) is 13.0. The second-order valence-corrected chi connectivity index (χ2v) is 6.81. The smallest absolute Gasteiger partial charge is 0.112 e. The Morgan fingerprint density at radius 3 is 2.29 bits per heavy atom. The standard InChI is InChI=1S/C13H25N3S/c1-12(2,3)15-7-6-8-16-13(4,5)11-14-9-10-17-11/h9-10,15-16H,6-8H2,1-5H3. The maximum Gasteiger partial charge on any atom is 0.112 e. The molecule has 0 amide bonds. The van der Waals surface area contributed by atoms with Crippen molar-refractivity contribution in [1.82, 2.24) is 15.6 Å². The van der Waals surface area contributed by atoms with Crippen molar-refractivity contribution < 1.29 is 0 Å². The maximum atomic E-state index is 4.37. The molecule has 3 nitrogen and oxygen atoms in total. The van der Waals surface area contributed by atoms with Gasteiger partial charge >= 0.3 is 0 Å². The topological polar surface area (TPSA) is 37.0 Å². The van der Waals surface area contributed by atoms with Gasteiger partial charge in [0.05, 0.1) is 5.54 Å². The van der Waals surface area contributed by atoms with Gasteiger partial charge in [-0.05, 0) is 54.1 Å². The van der Waals surface area contributed by atoms with E-state index < -0.39 is 0 Å². The van der Waals surface area contributed by atoms with Crippen LogP contribution in [0.4, 0.5) is 0 Å². The van der Waals surface area contributed by atoms with Gasteiger partial charge in [0.15, 0.2) is 0 Å². The van der Waals surface area contributed by atoms with Crippen LogP contribution in [0.2, 0.25) is 0 Å². The predicted molar refractivity (Wildman–Crippen MR) is 75.5 cm³/mol. The molecule has 0 fully saturated rings. The summed E-state index contributed by atoms with van der Waals surface area (Å²) >= 11 is 1.71. The van der Waals surface area contributed by atoms with E-state index in [4.69, 9.17) is 0 Å². The molecule has 0 spiro atoms. The van der Waals surface area contributed by atoms with Gasteiger partial charge in [-0.3, -0.25) is 0 Å². The third-order valence-electron chi connectivity index (χ3n) is 2.54. The summed E-state index contributed by atoms with van der Waals surface area (Å²) in [5.74, 6) is 0. The molecule has 0 radical (unpaired) electrons. The van der Waals surface area contributed by atoms with E-state index in [1.807, 2.05) is 11.6 Å². The number of thiazole rings is 1. The first-order valence-corrected chi connectivity index (χ1v) is 7.09. The predicted octanol–water partition coefficient (Wildman–Crippen LogP) is 2.75. The SMILES string of the molecule is CC(C)(C)NCCCNC(C)(C)c1nccs1. The van der Waals surface area contributed by atoms with Crippen LogP contribution in [0.15, 0.2) is 11.6 Å². The highest BCUT2D eigenvalue weighted by Gasteiger charge is 2.21. The highest BCUT2D eigenvalue weighted by Crippen LogP contribution is 2.21. The fourth-order valence-corrected chi connectivity index (χ4v) is 2.30. The molecule has 98 valence electrons. The fraction of sp³-hybridized carbons (Fsp3) is 0.769. The first-order chi connectivity index (χ1) is 7.81. The van der Waals surface area contributed by atoms with Gasteiger partial charge in [-0.2, -0.15) is 0 Å². The molecule has 1 aromatic rings. The molecule has 1 rings (SSSR count). The molecular weight excluding hydrogens is 230 g/mol. The van der Waals surface area contributed by atoms with Gasteiger partial charge in [-0.25, -0.2) is 4.98 Å². The highest BCUT2D eigenvalue weighted by atomic mass is 32.1. The number of hydrogen-bond donors (Lipinski definition) is 2. The zero-order chi connectivity index (χ0) is 12.9. The number of nitrogens with one attached hydrogen (secondary N) is 2. The van der Waals surface area contributed by atoms with E-state index in [0.29, 0.717) is 0 Å². The van der Waals surface area contributed by atoms with Crippen molar-refractivity contribution in [3.8, 4) is 0 Å². The first-order valence-electron chi connectivity index (χ1n) is 6.21. The van der Waals surface area contributed by atoms with Gasteiger partial charge in [-0.15, -0.1) is 11.3 Å². The van der Waals surface area contributed by atoms with Gasteiger partial charge in [0.25, 0.3) is 0 Å². The van der Waals surface area contributed by atoms with Crippen molar-refractivity contribution >= 4 is 11.3 Å². The van der Waals surface area contributed by atoms with Gasteiger partial charge < -0.3 is 10.6 Å². The Hall–Kier alpha value is -0.450. The average Bonchev–Trinajstić information content (AvgIpc) is 2.68. The Morgan fingerprint density at radius 1 is 1.12 bits per heavy atom. The first kappa shape index (κ1) is 14.6. The Morgan fingerprint density at radius 2 is 1.76 bits per heavy atom. The van der Waals surface area contributed by atoms with Gasteiger partial charge in [0.2, 0.25) is 0 Å². The van der Waals surface area contributed by atoms with E-state index in [9.17, 15) is 0 Å². The lowest BCUT2D eigenvalue weighted by molar-refractivity contribution is 0.376. The lowest BCUT2D eigenvalue weighted by Gasteiger charge is -2.25. The molecular formula is C13H25N3S. The van der Waals surface area contributed by atoms with Crippen LogP contribution in [-0.2, 0) is 5.54 Å². The number of hydrogen-bond acceptors (Lipinski definition) is 4. The summed E-state index contributed by atoms with van der Waals surface area (Å²) < 4.78 is 0. The molecule has 0 aliphatic rings. The average molecular weight is 255 g/mol. The number of aromatic nitrogens is 1. The van der Waals surface area contributed by atoms with Crippen LogP contribution in [0.3, 0.4) is 0 Å². The lowest BCUT2D eigenvalue weighted by atomic mass is 10.1. The van der Waals surface area contributed by atoms with Gasteiger partial charge in [0.1, 0.15) is 5.01 Å². The van der Waals surface area contributed by atoms with E-state index in [1.54, 1.807) is 11.3 Å². The van der Waals surface area contributed by atoms with Crippen LogP contribution in [-0.4, -0.2) is 23.6 Å². The van der Waals surface area contributed by atoms with E-state index in [2.05, 4.69) is 50.2 Å². The summed E-state index contributed by atoms with van der Waals surface area (Å²) in [6, 6.07) is 0. The Bertz CT molecular complexity index is 312. The lowest BCUT2D eigenvalue weighted by Crippen LogP contribution is -2.40. The summed E-state index contributed by atoms with van der Waals surface area (Å²) in [5, 5.41) is 10.2. The summed E-state index contributed by atoms with van der Waals surface area (Å²) in [5.41, 5.74) is 0.195.